The van der Waals surface area contributed by atoms with E-state index in [9.17, 15) is 8.78 Å². The molecule has 0 aliphatic carbocycles. The summed E-state index contributed by atoms with van der Waals surface area (Å²) in [5.74, 6) is -0.0108. The molecule has 0 amide bonds. The highest BCUT2D eigenvalue weighted by Gasteiger charge is 2.08. The predicted octanol–water partition coefficient (Wildman–Crippen LogP) is 3.37. The average molecular weight is 222 g/mol. The van der Waals surface area contributed by atoms with Gasteiger partial charge in [-0.15, -0.1) is 0 Å². The fourth-order valence-electron chi connectivity index (χ4n) is 1.01. The highest BCUT2D eigenvalue weighted by atomic mass is 35.5. The smallest absolute Gasteiger partial charge is 0.387 e. The molecule has 78 valence electrons. The lowest BCUT2D eigenvalue weighted by Gasteiger charge is -2.08. The summed E-state index contributed by atoms with van der Waals surface area (Å²) in [6, 6.07) is 4.59. The van der Waals surface area contributed by atoms with Crippen LogP contribution in [-0.4, -0.2) is 13.2 Å². The van der Waals surface area contributed by atoms with Crippen LogP contribution in [0.25, 0.3) is 0 Å². The predicted molar refractivity (Wildman–Crippen MR) is 52.2 cm³/mol. The number of halogens is 3. The number of hydrogen-bond acceptors (Lipinski definition) is 2. The summed E-state index contributed by atoms with van der Waals surface area (Å²) in [6.07, 6.45) is 0. The van der Waals surface area contributed by atoms with Crippen LogP contribution in [0.2, 0.25) is 5.02 Å². The van der Waals surface area contributed by atoms with E-state index in [2.05, 4.69) is 10.1 Å². The van der Waals surface area contributed by atoms with Gasteiger partial charge in [-0.05, 0) is 25.1 Å². The largest absolute Gasteiger partial charge is 0.433 e. The first-order valence-corrected chi connectivity index (χ1v) is 4.49. The van der Waals surface area contributed by atoms with Gasteiger partial charge in [-0.2, -0.15) is 8.78 Å². The van der Waals surface area contributed by atoms with Crippen LogP contribution in [-0.2, 0) is 0 Å². The zero-order valence-corrected chi connectivity index (χ0v) is 8.31. The van der Waals surface area contributed by atoms with Crippen molar-refractivity contribution in [3.63, 3.8) is 0 Å². The van der Waals surface area contributed by atoms with Crippen LogP contribution in [0, 0.1) is 0 Å². The molecule has 1 aromatic rings. The van der Waals surface area contributed by atoms with Crippen molar-refractivity contribution in [2.24, 2.45) is 0 Å². The standard InChI is InChI=1S/C9H10ClF2NO/c1-2-13-6-3-4-8(7(10)5-6)14-9(11)12/h3-5,9,13H,2H2,1H3. The minimum Gasteiger partial charge on any atom is -0.433 e. The van der Waals surface area contributed by atoms with Gasteiger partial charge >= 0.3 is 6.61 Å². The van der Waals surface area contributed by atoms with Gasteiger partial charge in [-0.3, -0.25) is 0 Å². The number of rotatable bonds is 4. The molecule has 0 saturated heterocycles. The van der Waals surface area contributed by atoms with E-state index in [1.165, 1.54) is 6.07 Å². The fourth-order valence-corrected chi connectivity index (χ4v) is 1.23. The molecule has 2 nitrogen and oxygen atoms in total. The zero-order valence-electron chi connectivity index (χ0n) is 7.56. The molecular formula is C9H10ClF2NO. The molecule has 0 saturated carbocycles. The second-order valence-electron chi connectivity index (χ2n) is 2.55. The molecule has 0 fully saturated rings. The average Bonchev–Trinajstić information content (AvgIpc) is 2.10. The molecule has 0 aliphatic heterocycles. The molecule has 0 aliphatic rings. The fraction of sp³-hybridized carbons (Fsp3) is 0.333. The van der Waals surface area contributed by atoms with Crippen LogP contribution in [0.15, 0.2) is 18.2 Å². The van der Waals surface area contributed by atoms with E-state index in [0.29, 0.717) is 0 Å². The van der Waals surface area contributed by atoms with Crippen LogP contribution in [0.5, 0.6) is 5.75 Å². The lowest BCUT2D eigenvalue weighted by molar-refractivity contribution is -0.0497. The lowest BCUT2D eigenvalue weighted by Crippen LogP contribution is -2.03. The van der Waals surface area contributed by atoms with E-state index < -0.39 is 6.61 Å². The van der Waals surface area contributed by atoms with E-state index in [4.69, 9.17) is 11.6 Å². The molecule has 0 aromatic heterocycles. The number of benzene rings is 1. The SMILES string of the molecule is CCNc1ccc(OC(F)F)c(Cl)c1. The van der Waals surface area contributed by atoms with Gasteiger partial charge in [0.2, 0.25) is 0 Å². The Morgan fingerprint density at radius 2 is 2.21 bits per heavy atom. The maximum absolute atomic E-state index is 11.9. The molecule has 0 atom stereocenters. The third-order valence-corrected chi connectivity index (χ3v) is 1.82. The normalized spacial score (nSPS) is 10.4. The number of anilines is 1. The van der Waals surface area contributed by atoms with Gasteiger partial charge in [0.1, 0.15) is 5.75 Å². The van der Waals surface area contributed by atoms with Gasteiger partial charge in [0.05, 0.1) is 5.02 Å². The zero-order chi connectivity index (χ0) is 10.6. The molecule has 0 spiro atoms. The Balaban J connectivity index is 2.79. The van der Waals surface area contributed by atoms with Crippen LogP contribution < -0.4 is 10.1 Å². The first-order valence-electron chi connectivity index (χ1n) is 4.11. The number of ether oxygens (including phenoxy) is 1. The van der Waals surface area contributed by atoms with Crippen molar-refractivity contribution in [1.29, 1.82) is 0 Å². The second-order valence-corrected chi connectivity index (χ2v) is 2.96. The van der Waals surface area contributed by atoms with Crippen molar-refractivity contribution in [2.45, 2.75) is 13.5 Å². The van der Waals surface area contributed by atoms with E-state index in [-0.39, 0.29) is 10.8 Å². The molecule has 5 heteroatoms. The van der Waals surface area contributed by atoms with Gasteiger partial charge in [-0.25, -0.2) is 0 Å². The number of alkyl halides is 2. The van der Waals surface area contributed by atoms with E-state index in [1.807, 2.05) is 6.92 Å². The van der Waals surface area contributed by atoms with Gasteiger partial charge in [0, 0.05) is 12.2 Å². The number of hydrogen-bond donors (Lipinski definition) is 1. The Bertz CT molecular complexity index is 307. The summed E-state index contributed by atoms with van der Waals surface area (Å²) < 4.78 is 27.9. The van der Waals surface area contributed by atoms with Crippen molar-refractivity contribution < 1.29 is 13.5 Å². The lowest BCUT2D eigenvalue weighted by atomic mass is 10.3. The van der Waals surface area contributed by atoms with Crippen LogP contribution >= 0.6 is 11.6 Å². The van der Waals surface area contributed by atoms with Crippen LogP contribution in [0.1, 0.15) is 6.92 Å². The Labute approximate surface area is 85.8 Å². The third-order valence-electron chi connectivity index (χ3n) is 1.53. The monoisotopic (exact) mass is 221 g/mol. The maximum atomic E-state index is 11.9. The van der Waals surface area contributed by atoms with Gasteiger partial charge in [0.15, 0.2) is 0 Å². The first-order chi connectivity index (χ1) is 6.63. The van der Waals surface area contributed by atoms with E-state index >= 15 is 0 Å². The molecule has 0 unspecified atom stereocenters. The molecule has 1 rings (SSSR count). The Morgan fingerprint density at radius 1 is 1.50 bits per heavy atom. The summed E-state index contributed by atoms with van der Waals surface area (Å²) in [4.78, 5) is 0. The van der Waals surface area contributed by atoms with Gasteiger partial charge in [-0.1, -0.05) is 11.6 Å². The molecule has 0 radical (unpaired) electrons. The van der Waals surface area contributed by atoms with Gasteiger partial charge < -0.3 is 10.1 Å². The summed E-state index contributed by atoms with van der Waals surface area (Å²) >= 11 is 5.71. The minimum atomic E-state index is -2.85. The highest BCUT2D eigenvalue weighted by molar-refractivity contribution is 6.32. The first kappa shape index (κ1) is 11.0. The summed E-state index contributed by atoms with van der Waals surface area (Å²) in [6.45, 7) is -0.180. The van der Waals surface area contributed by atoms with Crippen molar-refractivity contribution in [3.8, 4) is 5.75 Å². The Hall–Kier alpha value is -1.03. The van der Waals surface area contributed by atoms with E-state index in [1.54, 1.807) is 12.1 Å². The maximum Gasteiger partial charge on any atom is 0.387 e. The van der Waals surface area contributed by atoms with Crippen molar-refractivity contribution >= 4 is 17.3 Å². The summed E-state index contributed by atoms with van der Waals surface area (Å²) in [5, 5.41) is 3.17. The topological polar surface area (TPSA) is 21.3 Å². The highest BCUT2D eigenvalue weighted by Crippen LogP contribution is 2.28. The Kier molecular flexibility index (Phi) is 3.95. The van der Waals surface area contributed by atoms with Crippen molar-refractivity contribution in [1.82, 2.24) is 0 Å². The van der Waals surface area contributed by atoms with Crippen LogP contribution in [0.4, 0.5) is 14.5 Å². The summed E-state index contributed by atoms with van der Waals surface area (Å²) in [7, 11) is 0. The molecule has 1 aromatic carbocycles. The molecule has 0 heterocycles. The van der Waals surface area contributed by atoms with Crippen molar-refractivity contribution in [3.05, 3.63) is 23.2 Å². The Morgan fingerprint density at radius 3 is 2.71 bits per heavy atom. The van der Waals surface area contributed by atoms with Crippen LogP contribution in [0.3, 0.4) is 0 Å². The second kappa shape index (κ2) is 5.00. The minimum absolute atomic E-state index is 0.0108. The van der Waals surface area contributed by atoms with Gasteiger partial charge in [0.25, 0.3) is 0 Å². The molecule has 1 N–H and O–H groups in total. The number of nitrogens with one attached hydrogen (secondary N) is 1. The quantitative estimate of drug-likeness (QED) is 0.842. The molecule has 0 bridgehead atoms. The molecule has 14 heavy (non-hydrogen) atoms. The van der Waals surface area contributed by atoms with Crippen molar-refractivity contribution in [2.75, 3.05) is 11.9 Å². The third kappa shape index (κ3) is 3.03. The van der Waals surface area contributed by atoms with E-state index in [0.717, 1.165) is 12.2 Å². The molecular weight excluding hydrogens is 212 g/mol. The summed E-state index contributed by atoms with van der Waals surface area (Å²) in [5.41, 5.74) is 0.777.